The number of hydrogen-bond donors (Lipinski definition) is 0. The molecule has 2 aromatic rings. The maximum atomic E-state index is 6.22. The molecule has 4 heterocycles. The van der Waals surface area contributed by atoms with E-state index in [4.69, 9.17) is 9.47 Å². The summed E-state index contributed by atoms with van der Waals surface area (Å²) < 4.78 is 14.2. The van der Waals surface area contributed by atoms with Crippen molar-refractivity contribution in [2.24, 2.45) is 7.05 Å². The molecule has 2 saturated heterocycles. The number of aromatic nitrogens is 3. The second-order valence-electron chi connectivity index (χ2n) is 6.70. The van der Waals surface area contributed by atoms with Gasteiger partial charge in [-0.05, 0) is 30.5 Å². The van der Waals surface area contributed by atoms with Crippen LogP contribution in [0, 0.1) is 0 Å². The lowest BCUT2D eigenvalue weighted by Gasteiger charge is -2.32. The number of likely N-dealkylation sites (tertiary alicyclic amines) is 1. The fraction of sp³-hybridized carbons (Fsp3) is 0.556. The number of hydrogen-bond acceptors (Lipinski definition) is 5. The van der Waals surface area contributed by atoms with Crippen molar-refractivity contribution in [2.45, 2.75) is 44.2 Å². The van der Waals surface area contributed by atoms with Crippen LogP contribution in [0.3, 0.4) is 0 Å². The number of fused-ring (bicyclic) bond motifs is 1. The molecule has 0 unspecified atom stereocenters. The molecule has 0 saturated carbocycles. The van der Waals surface area contributed by atoms with Gasteiger partial charge in [0.25, 0.3) is 0 Å². The average molecular weight is 328 g/mol. The summed E-state index contributed by atoms with van der Waals surface area (Å²) in [5, 5.41) is 4.28. The molecule has 0 bridgehead atoms. The molecule has 0 spiro atoms. The van der Waals surface area contributed by atoms with Gasteiger partial charge in [0.15, 0.2) is 0 Å². The molecule has 24 heavy (non-hydrogen) atoms. The Morgan fingerprint density at radius 3 is 2.96 bits per heavy atom. The minimum Gasteiger partial charge on any atom is -0.374 e. The van der Waals surface area contributed by atoms with Crippen molar-refractivity contribution >= 4 is 0 Å². The van der Waals surface area contributed by atoms with Gasteiger partial charge >= 0.3 is 0 Å². The van der Waals surface area contributed by atoms with Gasteiger partial charge in [0, 0.05) is 56.9 Å². The van der Waals surface area contributed by atoms with Gasteiger partial charge in [-0.3, -0.25) is 14.6 Å². The van der Waals surface area contributed by atoms with E-state index >= 15 is 0 Å². The third-order valence-corrected chi connectivity index (χ3v) is 4.94. The molecule has 2 aliphatic heterocycles. The lowest BCUT2D eigenvalue weighted by molar-refractivity contribution is -0.0819. The third-order valence-electron chi connectivity index (χ3n) is 4.94. The summed E-state index contributed by atoms with van der Waals surface area (Å²) in [6.45, 7) is 3.28. The lowest BCUT2D eigenvalue weighted by Crippen LogP contribution is -2.41. The molecule has 6 heteroatoms. The first kappa shape index (κ1) is 15.7. The Labute approximate surface area is 142 Å². The zero-order valence-electron chi connectivity index (χ0n) is 14.0. The van der Waals surface area contributed by atoms with Crippen LogP contribution in [0.15, 0.2) is 36.9 Å². The van der Waals surface area contributed by atoms with E-state index in [0.717, 1.165) is 31.7 Å². The van der Waals surface area contributed by atoms with E-state index in [1.165, 1.54) is 12.0 Å². The molecule has 6 nitrogen and oxygen atoms in total. The highest BCUT2D eigenvalue weighted by Gasteiger charge is 2.44. The molecule has 0 N–H and O–H groups in total. The van der Waals surface area contributed by atoms with Gasteiger partial charge in [0.2, 0.25) is 0 Å². The average Bonchev–Trinajstić information content (AvgIpc) is 3.18. The van der Waals surface area contributed by atoms with Gasteiger partial charge in [-0.1, -0.05) is 0 Å². The van der Waals surface area contributed by atoms with Crippen LogP contribution in [-0.2, 0) is 29.7 Å². The molecule has 0 aromatic carbocycles. The summed E-state index contributed by atoms with van der Waals surface area (Å²) in [5.74, 6) is 0. The zero-order chi connectivity index (χ0) is 16.4. The molecule has 2 aliphatic rings. The second-order valence-corrected chi connectivity index (χ2v) is 6.70. The van der Waals surface area contributed by atoms with Crippen molar-refractivity contribution in [1.29, 1.82) is 0 Å². The van der Waals surface area contributed by atoms with Gasteiger partial charge < -0.3 is 9.47 Å². The third kappa shape index (κ3) is 3.36. The number of ether oxygens (including phenoxy) is 2. The lowest BCUT2D eigenvalue weighted by atomic mass is 10.0. The van der Waals surface area contributed by atoms with E-state index in [1.54, 1.807) is 0 Å². The molecular weight excluding hydrogens is 304 g/mol. The van der Waals surface area contributed by atoms with Crippen molar-refractivity contribution in [1.82, 2.24) is 19.7 Å². The quantitative estimate of drug-likeness (QED) is 0.837. The maximum absolute atomic E-state index is 6.22. The number of pyridine rings is 1. The summed E-state index contributed by atoms with van der Waals surface area (Å²) in [4.78, 5) is 6.55. The van der Waals surface area contributed by atoms with Crippen LogP contribution in [0.1, 0.15) is 24.0 Å². The number of aryl methyl sites for hydroxylation is 1. The molecule has 0 radical (unpaired) electrons. The van der Waals surface area contributed by atoms with Crippen LogP contribution in [0.2, 0.25) is 0 Å². The molecule has 2 fully saturated rings. The SMILES string of the molecule is Cn1cc(CN2C[C@@H](OCc3ccncc3)[C@H]3OCCC[C@H]32)cn1. The molecule has 0 amide bonds. The highest BCUT2D eigenvalue weighted by atomic mass is 16.5. The van der Waals surface area contributed by atoms with E-state index in [0.29, 0.717) is 12.6 Å². The van der Waals surface area contributed by atoms with Gasteiger partial charge in [-0.25, -0.2) is 0 Å². The Hall–Kier alpha value is -1.76. The van der Waals surface area contributed by atoms with E-state index in [-0.39, 0.29) is 12.2 Å². The van der Waals surface area contributed by atoms with Gasteiger partial charge in [0.1, 0.15) is 6.10 Å². The first-order valence-corrected chi connectivity index (χ1v) is 8.63. The van der Waals surface area contributed by atoms with Crippen LogP contribution in [0.5, 0.6) is 0 Å². The summed E-state index contributed by atoms with van der Waals surface area (Å²) in [6, 6.07) is 4.45. The summed E-state index contributed by atoms with van der Waals surface area (Å²) in [5.41, 5.74) is 2.40. The minimum atomic E-state index is 0.125. The van der Waals surface area contributed by atoms with Crippen molar-refractivity contribution in [3.05, 3.63) is 48.0 Å². The van der Waals surface area contributed by atoms with Crippen LogP contribution >= 0.6 is 0 Å². The first-order valence-electron chi connectivity index (χ1n) is 8.63. The van der Waals surface area contributed by atoms with E-state index in [1.807, 2.05) is 42.5 Å². The normalized spacial score (nSPS) is 27.3. The molecule has 0 aliphatic carbocycles. The van der Waals surface area contributed by atoms with Crippen LogP contribution < -0.4 is 0 Å². The van der Waals surface area contributed by atoms with Crippen molar-refractivity contribution in [3.63, 3.8) is 0 Å². The molecule has 4 rings (SSSR count). The summed E-state index contributed by atoms with van der Waals surface area (Å²) >= 11 is 0. The standard InChI is InChI=1S/C18H24N4O2/c1-21-10-15(9-20-21)11-22-12-17(18-16(22)3-2-8-23-18)24-13-14-4-6-19-7-5-14/h4-7,9-10,16-18H,2-3,8,11-13H2,1H3/t16-,17-,18+/m1/s1. The number of rotatable bonds is 5. The van der Waals surface area contributed by atoms with Crippen LogP contribution in [0.4, 0.5) is 0 Å². The predicted molar refractivity (Wildman–Crippen MR) is 89.2 cm³/mol. The van der Waals surface area contributed by atoms with Crippen LogP contribution in [-0.4, -0.2) is 51.1 Å². The molecule has 128 valence electrons. The number of nitrogens with zero attached hydrogens (tertiary/aromatic N) is 4. The Bertz CT molecular complexity index is 660. The molecular formula is C18H24N4O2. The molecule has 3 atom stereocenters. The highest BCUT2D eigenvalue weighted by molar-refractivity contribution is 5.09. The van der Waals surface area contributed by atoms with E-state index in [2.05, 4.69) is 21.2 Å². The predicted octanol–water partition coefficient (Wildman–Crippen LogP) is 1.76. The Morgan fingerprint density at radius 1 is 1.29 bits per heavy atom. The maximum Gasteiger partial charge on any atom is 0.100 e. The Balaban J connectivity index is 1.42. The monoisotopic (exact) mass is 328 g/mol. The van der Waals surface area contributed by atoms with Gasteiger partial charge in [-0.2, -0.15) is 5.10 Å². The van der Waals surface area contributed by atoms with Crippen LogP contribution in [0.25, 0.3) is 0 Å². The van der Waals surface area contributed by atoms with Gasteiger partial charge in [0.05, 0.1) is 18.9 Å². The summed E-state index contributed by atoms with van der Waals surface area (Å²) in [7, 11) is 1.96. The van der Waals surface area contributed by atoms with E-state index < -0.39 is 0 Å². The van der Waals surface area contributed by atoms with Crippen molar-refractivity contribution in [2.75, 3.05) is 13.2 Å². The van der Waals surface area contributed by atoms with Gasteiger partial charge in [-0.15, -0.1) is 0 Å². The summed E-state index contributed by atoms with van der Waals surface area (Å²) in [6.07, 6.45) is 10.3. The molecule has 2 aromatic heterocycles. The fourth-order valence-corrected chi connectivity index (χ4v) is 3.80. The van der Waals surface area contributed by atoms with Crippen molar-refractivity contribution in [3.8, 4) is 0 Å². The largest absolute Gasteiger partial charge is 0.374 e. The topological polar surface area (TPSA) is 52.4 Å². The second kappa shape index (κ2) is 7.01. The van der Waals surface area contributed by atoms with E-state index in [9.17, 15) is 0 Å². The van der Waals surface area contributed by atoms with Crippen molar-refractivity contribution < 1.29 is 9.47 Å². The smallest absolute Gasteiger partial charge is 0.100 e. The zero-order valence-corrected chi connectivity index (χ0v) is 14.0. The first-order chi connectivity index (χ1) is 11.8. The Kier molecular flexibility index (Phi) is 4.60. The minimum absolute atomic E-state index is 0.125. The highest BCUT2D eigenvalue weighted by Crippen LogP contribution is 2.32. The Morgan fingerprint density at radius 2 is 2.17 bits per heavy atom. The fourth-order valence-electron chi connectivity index (χ4n) is 3.80.